The van der Waals surface area contributed by atoms with Gasteiger partial charge in [-0.1, -0.05) is 20.8 Å². The van der Waals surface area contributed by atoms with Gasteiger partial charge in [0.05, 0.1) is 11.4 Å². The smallest absolute Gasteiger partial charge is 0.226 e. The summed E-state index contributed by atoms with van der Waals surface area (Å²) in [5.41, 5.74) is 7.41. The number of hydrogen-bond acceptors (Lipinski definition) is 3. The van der Waals surface area contributed by atoms with Crippen LogP contribution in [0.3, 0.4) is 0 Å². The van der Waals surface area contributed by atoms with Crippen molar-refractivity contribution in [2.45, 2.75) is 40.2 Å². The van der Waals surface area contributed by atoms with Gasteiger partial charge in [-0.2, -0.15) is 0 Å². The maximum absolute atomic E-state index is 11.9. The molecule has 0 aliphatic heterocycles. The Morgan fingerprint density at radius 1 is 1.50 bits per heavy atom. The Morgan fingerprint density at radius 2 is 2.11 bits per heavy atom. The van der Waals surface area contributed by atoms with E-state index in [1.807, 2.05) is 33.8 Å². The summed E-state index contributed by atoms with van der Waals surface area (Å²) in [6.07, 6.45) is 0.305. The van der Waals surface area contributed by atoms with Crippen molar-refractivity contribution in [3.8, 4) is 0 Å². The second-order valence-corrected chi connectivity index (χ2v) is 6.30. The Labute approximate surface area is 116 Å². The summed E-state index contributed by atoms with van der Waals surface area (Å²) in [5, 5.41) is 2.84. The van der Waals surface area contributed by atoms with E-state index in [0.29, 0.717) is 6.42 Å². The molecule has 0 bridgehead atoms. The van der Waals surface area contributed by atoms with Crippen LogP contribution in [0.1, 0.15) is 32.9 Å². The van der Waals surface area contributed by atoms with Gasteiger partial charge in [-0.15, -0.1) is 0 Å². The topological polar surface area (TPSA) is 68.0 Å². The number of halogens is 1. The van der Waals surface area contributed by atoms with Gasteiger partial charge in [0.25, 0.3) is 0 Å². The third-order valence-corrected chi connectivity index (χ3v) is 3.29. The number of carbonyl (C=O) groups is 1. The van der Waals surface area contributed by atoms with Gasteiger partial charge in [0.15, 0.2) is 0 Å². The van der Waals surface area contributed by atoms with Crippen LogP contribution in [0.5, 0.6) is 0 Å². The molecule has 0 spiro atoms. The summed E-state index contributed by atoms with van der Waals surface area (Å²) in [7, 11) is 0. The van der Waals surface area contributed by atoms with Crippen LogP contribution in [0, 0.1) is 12.3 Å². The van der Waals surface area contributed by atoms with E-state index >= 15 is 0 Å². The van der Waals surface area contributed by atoms with E-state index in [1.54, 1.807) is 6.07 Å². The number of aromatic nitrogens is 1. The first kappa shape index (κ1) is 15.1. The Bertz CT molecular complexity index is 440. The van der Waals surface area contributed by atoms with E-state index in [9.17, 15) is 4.79 Å². The van der Waals surface area contributed by atoms with Crippen molar-refractivity contribution in [1.82, 2.24) is 4.98 Å². The van der Waals surface area contributed by atoms with Gasteiger partial charge >= 0.3 is 0 Å². The van der Waals surface area contributed by atoms with Crippen LogP contribution in [-0.2, 0) is 4.79 Å². The van der Waals surface area contributed by atoms with Crippen molar-refractivity contribution in [1.29, 1.82) is 0 Å². The molecule has 1 heterocycles. The van der Waals surface area contributed by atoms with Gasteiger partial charge < -0.3 is 11.1 Å². The fourth-order valence-corrected chi connectivity index (χ4v) is 1.77. The molecule has 1 unspecified atom stereocenters. The van der Waals surface area contributed by atoms with E-state index in [2.05, 4.69) is 26.2 Å². The first-order valence-electron chi connectivity index (χ1n) is 5.88. The molecule has 5 heteroatoms. The molecule has 1 aromatic rings. The Balaban J connectivity index is 2.65. The van der Waals surface area contributed by atoms with Crippen molar-refractivity contribution in [3.05, 3.63) is 22.4 Å². The minimum absolute atomic E-state index is 0.0790. The molecular formula is C13H20BrN3O. The lowest BCUT2D eigenvalue weighted by Gasteiger charge is -2.26. The minimum Gasteiger partial charge on any atom is -0.327 e. The highest BCUT2D eigenvalue weighted by atomic mass is 79.9. The number of carbonyl (C=O) groups excluding carboxylic acids is 1. The van der Waals surface area contributed by atoms with Crippen LogP contribution >= 0.6 is 15.9 Å². The number of pyridine rings is 1. The van der Waals surface area contributed by atoms with Crippen molar-refractivity contribution < 1.29 is 4.79 Å². The lowest BCUT2D eigenvalue weighted by molar-refractivity contribution is -0.117. The average molecular weight is 314 g/mol. The largest absolute Gasteiger partial charge is 0.327 e. The number of amides is 1. The molecule has 0 fully saturated rings. The molecule has 0 saturated carbocycles. The number of aryl methyl sites for hydroxylation is 1. The maximum Gasteiger partial charge on any atom is 0.226 e. The predicted molar refractivity (Wildman–Crippen MR) is 77.4 cm³/mol. The van der Waals surface area contributed by atoms with E-state index in [0.717, 1.165) is 16.0 Å². The van der Waals surface area contributed by atoms with Crippen molar-refractivity contribution in [3.63, 3.8) is 0 Å². The molecule has 0 aliphatic carbocycles. The summed E-state index contributed by atoms with van der Waals surface area (Å²) in [4.78, 5) is 16.1. The summed E-state index contributed by atoms with van der Waals surface area (Å²) < 4.78 is 0.754. The van der Waals surface area contributed by atoms with Crippen LogP contribution in [0.25, 0.3) is 0 Å². The van der Waals surface area contributed by atoms with E-state index in [4.69, 9.17) is 5.73 Å². The molecule has 0 saturated heterocycles. The third-order valence-electron chi connectivity index (χ3n) is 2.84. The first-order chi connectivity index (χ1) is 8.20. The molecule has 1 rings (SSSR count). The first-order valence-corrected chi connectivity index (χ1v) is 6.68. The SMILES string of the molecule is Cc1nc(Br)ccc1NC(=O)CC(N)C(C)(C)C. The lowest BCUT2D eigenvalue weighted by atomic mass is 9.85. The molecule has 0 aromatic carbocycles. The van der Waals surface area contributed by atoms with Crippen LogP contribution < -0.4 is 11.1 Å². The van der Waals surface area contributed by atoms with Crippen LogP contribution in [0.2, 0.25) is 0 Å². The van der Waals surface area contributed by atoms with Gasteiger partial charge in [0.1, 0.15) is 4.60 Å². The number of hydrogen-bond donors (Lipinski definition) is 2. The number of nitrogens with two attached hydrogens (primary N) is 1. The standard InChI is InChI=1S/C13H20BrN3O/c1-8-9(5-6-11(14)16-8)17-12(18)7-10(15)13(2,3)4/h5-6,10H,7,15H2,1-4H3,(H,17,18). The lowest BCUT2D eigenvalue weighted by Crippen LogP contribution is -2.38. The van der Waals surface area contributed by atoms with Gasteiger partial charge in [-0.05, 0) is 40.4 Å². The van der Waals surface area contributed by atoms with Gasteiger partial charge in [0.2, 0.25) is 5.91 Å². The summed E-state index contributed by atoms with van der Waals surface area (Å²) in [5.74, 6) is -0.0790. The molecule has 1 amide bonds. The van der Waals surface area contributed by atoms with Crippen LogP contribution in [0.4, 0.5) is 5.69 Å². The molecule has 100 valence electrons. The zero-order valence-corrected chi connectivity index (χ0v) is 12.8. The molecule has 18 heavy (non-hydrogen) atoms. The zero-order chi connectivity index (χ0) is 13.9. The second-order valence-electron chi connectivity index (χ2n) is 5.49. The highest BCUT2D eigenvalue weighted by molar-refractivity contribution is 9.10. The Hall–Kier alpha value is -0.940. The minimum atomic E-state index is -0.166. The number of nitrogens with one attached hydrogen (secondary N) is 1. The fraction of sp³-hybridized carbons (Fsp3) is 0.538. The molecular weight excluding hydrogens is 294 g/mol. The zero-order valence-electron chi connectivity index (χ0n) is 11.2. The highest BCUT2D eigenvalue weighted by Gasteiger charge is 2.23. The summed E-state index contributed by atoms with van der Waals surface area (Å²) >= 11 is 3.29. The van der Waals surface area contributed by atoms with E-state index in [1.165, 1.54) is 0 Å². The normalized spacial score (nSPS) is 13.2. The molecule has 1 atom stereocenters. The summed E-state index contributed by atoms with van der Waals surface area (Å²) in [6.45, 7) is 7.93. The summed E-state index contributed by atoms with van der Waals surface area (Å²) in [6, 6.07) is 3.46. The van der Waals surface area contributed by atoms with Crippen molar-refractivity contribution in [2.75, 3.05) is 5.32 Å². The molecule has 0 aliphatic rings. The van der Waals surface area contributed by atoms with E-state index in [-0.39, 0.29) is 17.4 Å². The number of rotatable bonds is 3. The molecule has 3 N–H and O–H groups in total. The van der Waals surface area contributed by atoms with Gasteiger partial charge in [-0.25, -0.2) is 4.98 Å². The second kappa shape index (κ2) is 5.80. The number of nitrogens with zero attached hydrogens (tertiary/aromatic N) is 1. The monoisotopic (exact) mass is 313 g/mol. The van der Waals surface area contributed by atoms with Crippen LogP contribution in [-0.4, -0.2) is 16.9 Å². The molecule has 1 aromatic heterocycles. The number of anilines is 1. The third kappa shape index (κ3) is 4.38. The quantitative estimate of drug-likeness (QED) is 0.843. The predicted octanol–water partition coefficient (Wildman–Crippen LogP) is 2.85. The highest BCUT2D eigenvalue weighted by Crippen LogP contribution is 2.21. The molecule has 0 radical (unpaired) electrons. The van der Waals surface area contributed by atoms with Crippen molar-refractivity contribution in [2.24, 2.45) is 11.1 Å². The maximum atomic E-state index is 11.9. The van der Waals surface area contributed by atoms with E-state index < -0.39 is 0 Å². The Kier molecular flexibility index (Phi) is 4.87. The van der Waals surface area contributed by atoms with Gasteiger partial charge in [0, 0.05) is 12.5 Å². The van der Waals surface area contributed by atoms with Gasteiger partial charge in [-0.3, -0.25) is 4.79 Å². The average Bonchev–Trinajstić information content (AvgIpc) is 2.20. The fourth-order valence-electron chi connectivity index (χ4n) is 1.37. The molecule has 4 nitrogen and oxygen atoms in total. The van der Waals surface area contributed by atoms with Crippen LogP contribution in [0.15, 0.2) is 16.7 Å². The van der Waals surface area contributed by atoms with Crippen molar-refractivity contribution >= 4 is 27.5 Å². The Morgan fingerprint density at radius 3 is 2.61 bits per heavy atom.